The lowest BCUT2D eigenvalue weighted by molar-refractivity contribution is -0.137. The maximum absolute atomic E-state index is 14.0. The third-order valence-electron chi connectivity index (χ3n) is 9.48. The first kappa shape index (κ1) is 37.9. The molecule has 1 aromatic heterocycles. The smallest absolute Gasteiger partial charge is 0.416 e. The highest BCUT2D eigenvalue weighted by atomic mass is 32.1. The first-order chi connectivity index (χ1) is 27.1. The Kier molecular flexibility index (Phi) is 11.2. The van der Waals surface area contributed by atoms with Crippen LogP contribution in [0, 0.1) is 0 Å². The van der Waals surface area contributed by atoms with Crippen molar-refractivity contribution in [1.82, 2.24) is 10.0 Å². The second-order valence-corrected chi connectivity index (χ2v) is 14.1. The number of alkyl halides is 3. The summed E-state index contributed by atoms with van der Waals surface area (Å²) in [4.78, 5) is 19.8. The molecule has 0 aliphatic heterocycles. The highest BCUT2D eigenvalue weighted by Gasteiger charge is 2.42. The maximum Gasteiger partial charge on any atom is 0.416 e. The summed E-state index contributed by atoms with van der Waals surface area (Å²) in [6.45, 7) is 4.46. The first-order valence-electron chi connectivity index (χ1n) is 17.8. The van der Waals surface area contributed by atoms with Gasteiger partial charge in [0.05, 0.1) is 16.1 Å². The Morgan fingerprint density at radius 3 is 1.66 bits per heavy atom. The van der Waals surface area contributed by atoms with Crippen molar-refractivity contribution in [2.45, 2.75) is 18.1 Å². The van der Waals surface area contributed by atoms with Crippen LogP contribution in [0.1, 0.15) is 38.3 Å². The van der Waals surface area contributed by atoms with Crippen molar-refractivity contribution in [3.63, 3.8) is 0 Å². The zero-order chi connectivity index (χ0) is 39.1. The van der Waals surface area contributed by atoms with Gasteiger partial charge >= 0.3 is 11.0 Å². The summed E-state index contributed by atoms with van der Waals surface area (Å²) in [6, 6.07) is 49.0. The number of thiazole rings is 1. The molecule has 0 amide bonds. The van der Waals surface area contributed by atoms with Gasteiger partial charge in [0.15, 0.2) is 0 Å². The number of rotatable bonds is 14. The van der Waals surface area contributed by atoms with E-state index in [9.17, 15) is 23.1 Å². The number of hydrogen-bond acceptors (Lipinski definition) is 6. The highest BCUT2D eigenvalue weighted by molar-refractivity contribution is 7.09. The van der Waals surface area contributed by atoms with E-state index in [0.717, 1.165) is 56.9 Å². The molecule has 0 radical (unpaired) electrons. The lowest BCUT2D eigenvalue weighted by Crippen LogP contribution is -2.42. The van der Waals surface area contributed by atoms with Gasteiger partial charge in [0.25, 0.3) is 0 Å². The monoisotopic (exact) mass is 770 g/mol. The molecule has 0 spiro atoms. The number of benzene rings is 6. The van der Waals surface area contributed by atoms with Crippen LogP contribution in [0.15, 0.2) is 175 Å². The Balaban J connectivity index is 0.977. The van der Waals surface area contributed by atoms with Crippen LogP contribution >= 0.6 is 11.3 Å². The Bertz CT molecular complexity index is 2330. The van der Waals surface area contributed by atoms with Gasteiger partial charge in [-0.15, -0.1) is 0 Å². The fraction of sp³-hybridized carbons (Fsp3) is 0.109. The Morgan fingerprint density at radius 1 is 0.661 bits per heavy atom. The Morgan fingerprint density at radius 2 is 1.16 bits per heavy atom. The summed E-state index contributed by atoms with van der Waals surface area (Å²) < 4.78 is 46.1. The van der Waals surface area contributed by atoms with E-state index in [2.05, 4.69) is 12.1 Å². The summed E-state index contributed by atoms with van der Waals surface area (Å²) in [5.74, 6) is 0.541. The normalized spacial score (nSPS) is 11.6. The van der Waals surface area contributed by atoms with Gasteiger partial charge in [-0.05, 0) is 63.2 Å². The topological polar surface area (TPSA) is 72.7 Å². The molecule has 10 heteroatoms. The first-order valence-corrected chi connectivity index (χ1v) is 18.6. The predicted molar refractivity (Wildman–Crippen MR) is 215 cm³/mol. The number of hydroxylamine groups is 1. The van der Waals surface area contributed by atoms with Gasteiger partial charge in [-0.3, -0.25) is 19.7 Å². The molecule has 1 heterocycles. The molecule has 0 saturated carbocycles. The molecule has 56 heavy (non-hydrogen) atoms. The van der Waals surface area contributed by atoms with Crippen LogP contribution in [0.3, 0.4) is 0 Å². The molecule has 0 aliphatic rings. The van der Waals surface area contributed by atoms with E-state index in [1.54, 1.807) is 0 Å². The van der Waals surface area contributed by atoms with Crippen molar-refractivity contribution in [3.8, 4) is 22.8 Å². The SMILES string of the molecule is C=C(NOCCOc1ccc(Cc2sc(=O)n(C(c3ccccc3)(c3ccccc3)c3ccccc3)c2O)cc1)c1ccc(-c2ccc(C(F)(F)F)cc2)cc1. The number of ether oxygens (including phenoxy) is 1. The predicted octanol–water partition coefficient (Wildman–Crippen LogP) is 10.3. The van der Waals surface area contributed by atoms with Gasteiger partial charge in [0.1, 0.15) is 24.5 Å². The fourth-order valence-electron chi connectivity index (χ4n) is 6.75. The summed E-state index contributed by atoms with van der Waals surface area (Å²) in [5.41, 5.74) is 7.15. The van der Waals surface area contributed by atoms with E-state index in [4.69, 9.17) is 9.57 Å². The van der Waals surface area contributed by atoms with Crippen LogP contribution in [0.5, 0.6) is 11.6 Å². The van der Waals surface area contributed by atoms with Crippen LogP contribution in [0.25, 0.3) is 16.8 Å². The van der Waals surface area contributed by atoms with Crippen molar-refractivity contribution in [2.75, 3.05) is 13.2 Å². The average molecular weight is 771 g/mol. The second-order valence-electron chi connectivity index (χ2n) is 13.0. The maximum atomic E-state index is 14.0. The standard InChI is InChI=1S/C46H37F3N2O4S/c1-32(34-19-21-35(22-20-34)36-23-25-40(26-24-36)46(47,48)49)50-55-30-29-54-41-27-17-33(18-28-41)31-42-43(52)51(44(53)56-42)45(37-11-5-2-6-12-37,38-13-7-3-8-14-38)39-15-9-4-10-16-39/h2-28,50,52H,1,29-31H2. The summed E-state index contributed by atoms with van der Waals surface area (Å²) in [5, 5.41) is 11.9. The summed E-state index contributed by atoms with van der Waals surface area (Å²) >= 11 is 1.03. The number of aromatic nitrogens is 1. The highest BCUT2D eigenvalue weighted by Crippen LogP contribution is 2.44. The molecule has 6 nitrogen and oxygen atoms in total. The van der Waals surface area contributed by atoms with Crippen molar-refractivity contribution in [1.29, 1.82) is 0 Å². The largest absolute Gasteiger partial charge is 0.494 e. The van der Waals surface area contributed by atoms with Crippen molar-refractivity contribution < 1.29 is 27.9 Å². The molecule has 0 saturated heterocycles. The molecule has 0 aliphatic carbocycles. The van der Waals surface area contributed by atoms with Gasteiger partial charge in [-0.25, -0.2) is 0 Å². The molecule has 7 aromatic rings. The van der Waals surface area contributed by atoms with Gasteiger partial charge in [0.2, 0.25) is 5.88 Å². The molecular weight excluding hydrogens is 734 g/mol. The molecule has 0 bridgehead atoms. The van der Waals surface area contributed by atoms with E-state index in [1.807, 2.05) is 140 Å². The fourth-order valence-corrected chi connectivity index (χ4v) is 7.69. The molecule has 6 aromatic carbocycles. The van der Waals surface area contributed by atoms with Crippen LogP contribution in [0.2, 0.25) is 0 Å². The number of nitrogens with zero attached hydrogens (tertiary/aromatic N) is 1. The quantitative estimate of drug-likeness (QED) is 0.0655. The summed E-state index contributed by atoms with van der Waals surface area (Å²) in [6.07, 6.45) is -4.04. The zero-order valence-electron chi connectivity index (χ0n) is 30.1. The van der Waals surface area contributed by atoms with Gasteiger partial charge < -0.3 is 9.84 Å². The van der Waals surface area contributed by atoms with E-state index < -0.39 is 17.3 Å². The number of aromatic hydroxyl groups is 1. The lowest BCUT2D eigenvalue weighted by Gasteiger charge is -2.37. The molecule has 282 valence electrons. The summed E-state index contributed by atoms with van der Waals surface area (Å²) in [7, 11) is 0. The minimum Gasteiger partial charge on any atom is -0.494 e. The molecular formula is C46H37F3N2O4S. The Hall–Kier alpha value is -6.36. The van der Waals surface area contributed by atoms with Gasteiger partial charge in [0, 0.05) is 6.42 Å². The molecule has 0 atom stereocenters. The third kappa shape index (κ3) is 8.02. The third-order valence-corrected chi connectivity index (χ3v) is 10.4. The van der Waals surface area contributed by atoms with E-state index in [1.165, 1.54) is 16.7 Å². The average Bonchev–Trinajstić information content (AvgIpc) is 3.51. The van der Waals surface area contributed by atoms with Crippen LogP contribution in [-0.2, 0) is 23.0 Å². The zero-order valence-corrected chi connectivity index (χ0v) is 30.9. The van der Waals surface area contributed by atoms with E-state index in [0.29, 0.717) is 28.3 Å². The minimum absolute atomic E-state index is 0.0850. The molecule has 2 N–H and O–H groups in total. The van der Waals surface area contributed by atoms with Crippen LogP contribution in [0.4, 0.5) is 13.2 Å². The minimum atomic E-state index is -4.38. The van der Waals surface area contributed by atoms with Gasteiger partial charge in [-0.2, -0.15) is 13.2 Å². The number of halogens is 3. The van der Waals surface area contributed by atoms with E-state index >= 15 is 0 Å². The number of hydrogen-bond donors (Lipinski definition) is 2. The van der Waals surface area contributed by atoms with Crippen LogP contribution < -0.4 is 15.1 Å². The van der Waals surface area contributed by atoms with Crippen LogP contribution in [-0.4, -0.2) is 22.9 Å². The molecule has 7 rings (SSSR count). The number of nitrogens with one attached hydrogen (secondary N) is 1. The Labute approximate surface area is 326 Å². The van der Waals surface area contributed by atoms with E-state index in [-0.39, 0.29) is 24.0 Å². The van der Waals surface area contributed by atoms with Crippen molar-refractivity contribution >= 4 is 17.0 Å². The second kappa shape index (κ2) is 16.6. The van der Waals surface area contributed by atoms with Crippen molar-refractivity contribution in [2.24, 2.45) is 0 Å². The van der Waals surface area contributed by atoms with Crippen molar-refractivity contribution in [3.05, 3.63) is 218 Å². The van der Waals surface area contributed by atoms with Gasteiger partial charge in [-0.1, -0.05) is 157 Å². The molecule has 0 fully saturated rings. The lowest BCUT2D eigenvalue weighted by atomic mass is 9.76. The molecule has 0 unspecified atom stereocenters.